The number of imidazole rings is 1. The van der Waals surface area contributed by atoms with Crippen LogP contribution in [-0.4, -0.2) is 53.5 Å². The zero-order valence-electron chi connectivity index (χ0n) is 16.4. The molecule has 8 heteroatoms. The molecule has 0 radical (unpaired) electrons. The molecule has 2 aromatic heterocycles. The third-order valence-corrected chi connectivity index (χ3v) is 5.32. The van der Waals surface area contributed by atoms with Gasteiger partial charge >= 0.3 is 0 Å². The van der Waals surface area contributed by atoms with E-state index in [-0.39, 0.29) is 12.5 Å². The third kappa shape index (κ3) is 2.72. The number of nitrogens with zero attached hydrogens (tertiary/aromatic N) is 6. The van der Waals surface area contributed by atoms with Gasteiger partial charge in [0.05, 0.1) is 35.9 Å². The zero-order chi connectivity index (χ0) is 19.8. The van der Waals surface area contributed by atoms with Crippen LogP contribution in [0.25, 0.3) is 16.9 Å². The van der Waals surface area contributed by atoms with Crippen LogP contribution in [0.4, 0.5) is 0 Å². The van der Waals surface area contributed by atoms with E-state index in [1.165, 1.54) is 0 Å². The van der Waals surface area contributed by atoms with Crippen LogP contribution in [0.5, 0.6) is 0 Å². The summed E-state index contributed by atoms with van der Waals surface area (Å²) in [7, 11) is 0. The van der Waals surface area contributed by atoms with E-state index < -0.39 is 0 Å². The van der Waals surface area contributed by atoms with E-state index in [0.717, 1.165) is 40.3 Å². The summed E-state index contributed by atoms with van der Waals surface area (Å²) < 4.78 is 3.79. The van der Waals surface area contributed by atoms with E-state index in [2.05, 4.69) is 15.3 Å². The lowest BCUT2D eigenvalue weighted by molar-refractivity contribution is 0.0766. The van der Waals surface area contributed by atoms with Crippen molar-refractivity contribution in [3.8, 4) is 16.9 Å². The van der Waals surface area contributed by atoms with Gasteiger partial charge in [-0.1, -0.05) is 18.2 Å². The van der Waals surface area contributed by atoms with Crippen LogP contribution in [0.15, 0.2) is 24.5 Å². The zero-order valence-corrected chi connectivity index (χ0v) is 16.4. The number of hydrogen-bond donors (Lipinski definition) is 1. The Morgan fingerprint density at radius 2 is 2.04 bits per heavy atom. The highest BCUT2D eigenvalue weighted by Crippen LogP contribution is 2.35. The highest BCUT2D eigenvalue weighted by atomic mass is 16.3. The van der Waals surface area contributed by atoms with Gasteiger partial charge in [-0.25, -0.2) is 9.67 Å². The summed E-state index contributed by atoms with van der Waals surface area (Å²) in [6, 6.07) is 5.81. The Kier molecular flexibility index (Phi) is 4.72. The number of benzene rings is 1. The van der Waals surface area contributed by atoms with Crippen molar-refractivity contribution in [1.82, 2.24) is 29.4 Å². The fourth-order valence-corrected chi connectivity index (χ4v) is 3.79. The molecule has 0 aliphatic carbocycles. The second-order valence-electron chi connectivity index (χ2n) is 6.79. The number of aliphatic hydroxyl groups excluding tert-OH is 1. The largest absolute Gasteiger partial charge is 0.392 e. The number of aryl methyl sites for hydroxylation is 1. The molecule has 4 rings (SSSR count). The van der Waals surface area contributed by atoms with Crippen LogP contribution >= 0.6 is 0 Å². The maximum Gasteiger partial charge on any atom is 0.274 e. The van der Waals surface area contributed by atoms with Gasteiger partial charge in [0.1, 0.15) is 6.33 Å². The average molecular weight is 380 g/mol. The minimum Gasteiger partial charge on any atom is -0.392 e. The maximum atomic E-state index is 13.0. The van der Waals surface area contributed by atoms with E-state index in [1.807, 2.05) is 48.2 Å². The molecule has 1 N–H and O–H groups in total. The molecule has 3 heterocycles. The van der Waals surface area contributed by atoms with Crippen LogP contribution in [0.1, 0.15) is 48.2 Å². The summed E-state index contributed by atoms with van der Waals surface area (Å²) >= 11 is 0. The first-order valence-corrected chi connectivity index (χ1v) is 9.65. The van der Waals surface area contributed by atoms with Crippen LogP contribution in [0, 0.1) is 0 Å². The molecular weight excluding hydrogens is 356 g/mol. The van der Waals surface area contributed by atoms with E-state index in [4.69, 9.17) is 0 Å². The van der Waals surface area contributed by atoms with Crippen LogP contribution in [-0.2, 0) is 19.6 Å². The molecule has 0 saturated carbocycles. The normalized spacial score (nSPS) is 12.1. The average Bonchev–Trinajstić information content (AvgIpc) is 3.29. The summed E-state index contributed by atoms with van der Waals surface area (Å²) in [4.78, 5) is 19.2. The summed E-state index contributed by atoms with van der Waals surface area (Å²) in [5.41, 5.74) is 5.73. The summed E-state index contributed by atoms with van der Waals surface area (Å²) in [5, 5.41) is 18.3. The lowest BCUT2D eigenvalue weighted by Gasteiger charge is -2.18. The number of fused-ring (bicyclic) bond motifs is 5. The van der Waals surface area contributed by atoms with Gasteiger partial charge < -0.3 is 10.0 Å². The van der Waals surface area contributed by atoms with E-state index in [9.17, 15) is 9.90 Å². The van der Waals surface area contributed by atoms with Crippen molar-refractivity contribution in [1.29, 1.82) is 0 Å². The minimum absolute atomic E-state index is 0.0429. The second-order valence-corrected chi connectivity index (χ2v) is 6.79. The molecule has 0 fully saturated rings. The van der Waals surface area contributed by atoms with E-state index >= 15 is 0 Å². The van der Waals surface area contributed by atoms with Crippen molar-refractivity contribution < 1.29 is 9.90 Å². The molecular formula is C20H24N6O2. The molecule has 1 aliphatic heterocycles. The Labute approximate surface area is 163 Å². The number of hydrogen-bond acceptors (Lipinski definition) is 5. The molecule has 0 unspecified atom stereocenters. The number of carbonyl (C=O) groups is 1. The molecule has 1 aromatic carbocycles. The van der Waals surface area contributed by atoms with Crippen molar-refractivity contribution in [3.05, 3.63) is 47.2 Å². The predicted molar refractivity (Wildman–Crippen MR) is 104 cm³/mol. The first-order chi connectivity index (χ1) is 13.6. The smallest absolute Gasteiger partial charge is 0.274 e. The summed E-state index contributed by atoms with van der Waals surface area (Å²) in [6.07, 6.45) is 2.45. The Bertz CT molecular complexity index is 1030. The quantitative estimate of drug-likeness (QED) is 0.572. The third-order valence-electron chi connectivity index (χ3n) is 5.32. The Morgan fingerprint density at radius 1 is 1.25 bits per heavy atom. The fourth-order valence-electron chi connectivity index (χ4n) is 3.79. The highest BCUT2D eigenvalue weighted by molar-refractivity contribution is 5.94. The Morgan fingerprint density at radius 3 is 2.71 bits per heavy atom. The molecule has 8 nitrogen and oxygen atoms in total. The first kappa shape index (κ1) is 18.4. The molecule has 146 valence electrons. The van der Waals surface area contributed by atoms with Gasteiger partial charge in [0.15, 0.2) is 5.69 Å². The molecule has 1 aliphatic rings. The number of rotatable bonds is 5. The number of aromatic nitrogens is 5. The van der Waals surface area contributed by atoms with E-state index in [1.54, 1.807) is 11.2 Å². The van der Waals surface area contributed by atoms with Gasteiger partial charge in [0.25, 0.3) is 5.91 Å². The van der Waals surface area contributed by atoms with Crippen LogP contribution < -0.4 is 0 Å². The maximum absolute atomic E-state index is 13.0. The summed E-state index contributed by atoms with van der Waals surface area (Å²) in [6.45, 7) is 7.60. The van der Waals surface area contributed by atoms with Crippen LogP contribution in [0.3, 0.4) is 0 Å². The van der Waals surface area contributed by atoms with Crippen molar-refractivity contribution in [2.45, 2.75) is 40.3 Å². The molecule has 0 bridgehead atoms. The SMILES string of the molecule is CCc1nnn2c1-c1cc(CO)ccc1-n1cnc(C(=O)N(CC)CC)c1C2. The number of amides is 1. The van der Waals surface area contributed by atoms with Gasteiger partial charge in [-0.05, 0) is 38.0 Å². The fraction of sp³-hybridized carbons (Fsp3) is 0.400. The minimum atomic E-state index is -0.0773. The van der Waals surface area contributed by atoms with Gasteiger partial charge in [-0.3, -0.25) is 9.36 Å². The summed E-state index contributed by atoms with van der Waals surface area (Å²) in [5.74, 6) is -0.0773. The number of aliphatic hydroxyl groups is 1. The molecule has 3 aromatic rings. The first-order valence-electron chi connectivity index (χ1n) is 9.65. The topological polar surface area (TPSA) is 89.1 Å². The Balaban J connectivity index is 1.95. The highest BCUT2D eigenvalue weighted by Gasteiger charge is 2.29. The molecule has 0 spiro atoms. The lowest BCUT2D eigenvalue weighted by atomic mass is 10.0. The molecule has 1 amide bonds. The lowest BCUT2D eigenvalue weighted by Crippen LogP contribution is -2.31. The van der Waals surface area contributed by atoms with Crippen molar-refractivity contribution >= 4 is 5.91 Å². The standard InChI is InChI=1S/C20H24N6O2/c1-4-15-19-14-9-13(11-27)7-8-16(14)25-12-21-18(20(28)24(5-2)6-3)17(25)10-26(19)23-22-15/h7-9,12,27H,4-6,10-11H2,1-3H3. The number of carbonyl (C=O) groups excluding carboxylic acids is 1. The second kappa shape index (κ2) is 7.20. The van der Waals surface area contributed by atoms with E-state index in [0.29, 0.717) is 25.3 Å². The monoisotopic (exact) mass is 380 g/mol. The van der Waals surface area contributed by atoms with Crippen molar-refractivity contribution in [3.63, 3.8) is 0 Å². The molecule has 0 atom stereocenters. The van der Waals surface area contributed by atoms with Gasteiger partial charge in [-0.15, -0.1) is 5.10 Å². The Hall–Kier alpha value is -3.00. The van der Waals surface area contributed by atoms with Crippen molar-refractivity contribution in [2.24, 2.45) is 0 Å². The molecule has 0 saturated heterocycles. The van der Waals surface area contributed by atoms with Crippen molar-refractivity contribution in [2.75, 3.05) is 13.1 Å². The van der Waals surface area contributed by atoms with Crippen LogP contribution in [0.2, 0.25) is 0 Å². The van der Waals surface area contributed by atoms with Gasteiger partial charge in [0.2, 0.25) is 0 Å². The predicted octanol–water partition coefficient (Wildman–Crippen LogP) is 2.03. The molecule has 28 heavy (non-hydrogen) atoms. The van der Waals surface area contributed by atoms with Gasteiger partial charge in [-0.2, -0.15) is 0 Å². The van der Waals surface area contributed by atoms with Gasteiger partial charge in [0, 0.05) is 18.7 Å².